The third kappa shape index (κ3) is 6.05. The van der Waals surface area contributed by atoms with Crippen molar-refractivity contribution in [3.05, 3.63) is 0 Å². The van der Waals surface area contributed by atoms with Crippen LogP contribution >= 0.6 is 0 Å². The molecule has 0 radical (unpaired) electrons. The van der Waals surface area contributed by atoms with Crippen LogP contribution in [0, 0.1) is 5.41 Å². The first-order valence-corrected chi connectivity index (χ1v) is 8.24. The Kier molecular flexibility index (Phi) is 6.75. The van der Waals surface area contributed by atoms with Gasteiger partial charge < -0.3 is 5.11 Å². The molecule has 0 aliphatic heterocycles. The smallest absolute Gasteiger partial charge is 0.309 e. The highest BCUT2D eigenvalue weighted by Crippen LogP contribution is 2.34. The van der Waals surface area contributed by atoms with E-state index in [1.807, 2.05) is 13.8 Å². The van der Waals surface area contributed by atoms with Crippen LogP contribution in [0.25, 0.3) is 0 Å². The summed E-state index contributed by atoms with van der Waals surface area (Å²) in [5.41, 5.74) is -0.735. The lowest BCUT2D eigenvalue weighted by molar-refractivity contribution is -0.150. The van der Waals surface area contributed by atoms with Crippen LogP contribution in [0.1, 0.15) is 52.4 Å². The maximum Gasteiger partial charge on any atom is 0.309 e. The standard InChI is InChI=1S/C12H24O4S/c1-4-6-8-12(5-2,11(13)14)9-7-10-17(3,15)16/h4-10H2,1-3H3,(H,13,14). The van der Waals surface area contributed by atoms with Gasteiger partial charge in [-0.2, -0.15) is 0 Å². The van der Waals surface area contributed by atoms with Crippen molar-refractivity contribution < 1.29 is 18.3 Å². The average molecular weight is 264 g/mol. The molecular weight excluding hydrogens is 240 g/mol. The van der Waals surface area contributed by atoms with Crippen LogP contribution in [0.3, 0.4) is 0 Å². The number of hydrogen-bond donors (Lipinski definition) is 1. The molecule has 1 unspecified atom stereocenters. The molecule has 0 aromatic carbocycles. The van der Waals surface area contributed by atoms with Crippen molar-refractivity contribution in [3.63, 3.8) is 0 Å². The summed E-state index contributed by atoms with van der Waals surface area (Å²) in [6, 6.07) is 0. The summed E-state index contributed by atoms with van der Waals surface area (Å²) >= 11 is 0. The van der Waals surface area contributed by atoms with Gasteiger partial charge in [-0.1, -0.05) is 26.7 Å². The van der Waals surface area contributed by atoms with E-state index >= 15 is 0 Å². The normalized spacial score (nSPS) is 15.5. The van der Waals surface area contributed by atoms with Crippen molar-refractivity contribution in [2.24, 2.45) is 5.41 Å². The van der Waals surface area contributed by atoms with Gasteiger partial charge in [0.25, 0.3) is 0 Å². The molecule has 0 saturated heterocycles. The SMILES string of the molecule is CCCCC(CC)(CCCS(C)(=O)=O)C(=O)O. The van der Waals surface area contributed by atoms with E-state index in [1.165, 1.54) is 6.26 Å². The molecule has 1 atom stereocenters. The highest BCUT2D eigenvalue weighted by molar-refractivity contribution is 7.90. The molecule has 0 heterocycles. The minimum Gasteiger partial charge on any atom is -0.481 e. The second kappa shape index (κ2) is 6.99. The second-order valence-corrected chi connectivity index (χ2v) is 7.04. The van der Waals surface area contributed by atoms with Crippen molar-refractivity contribution in [3.8, 4) is 0 Å². The van der Waals surface area contributed by atoms with Crippen LogP contribution in [0.4, 0.5) is 0 Å². The van der Waals surface area contributed by atoms with E-state index in [-0.39, 0.29) is 5.75 Å². The first-order chi connectivity index (χ1) is 7.77. The highest BCUT2D eigenvalue weighted by atomic mass is 32.2. The summed E-state index contributed by atoms with van der Waals surface area (Å²) in [7, 11) is -2.99. The molecule has 0 saturated carbocycles. The molecule has 0 bridgehead atoms. The van der Waals surface area contributed by atoms with E-state index < -0.39 is 21.2 Å². The van der Waals surface area contributed by atoms with Crippen molar-refractivity contribution in [1.29, 1.82) is 0 Å². The van der Waals surface area contributed by atoms with Crippen LogP contribution in [-0.4, -0.2) is 31.5 Å². The van der Waals surface area contributed by atoms with Gasteiger partial charge in [-0.05, 0) is 25.7 Å². The average Bonchev–Trinajstić information content (AvgIpc) is 2.21. The van der Waals surface area contributed by atoms with Crippen molar-refractivity contribution in [2.45, 2.75) is 52.4 Å². The fraction of sp³-hybridized carbons (Fsp3) is 0.917. The number of carboxylic acid groups (broad SMARTS) is 1. The Morgan fingerprint density at radius 3 is 2.06 bits per heavy atom. The lowest BCUT2D eigenvalue weighted by Gasteiger charge is -2.28. The van der Waals surface area contributed by atoms with Gasteiger partial charge in [0.2, 0.25) is 0 Å². The Bertz CT molecular complexity index is 334. The quantitative estimate of drug-likeness (QED) is 0.694. The maximum atomic E-state index is 11.4. The summed E-state index contributed by atoms with van der Waals surface area (Å²) in [6.45, 7) is 3.89. The van der Waals surface area contributed by atoms with Crippen LogP contribution in [0.2, 0.25) is 0 Å². The summed E-state index contributed by atoms with van der Waals surface area (Å²) in [5, 5.41) is 9.33. The van der Waals surface area contributed by atoms with Crippen LogP contribution < -0.4 is 0 Å². The van der Waals surface area contributed by atoms with Crippen molar-refractivity contribution in [2.75, 3.05) is 12.0 Å². The van der Waals surface area contributed by atoms with Gasteiger partial charge in [0.15, 0.2) is 0 Å². The predicted octanol–water partition coefficient (Wildman–Crippen LogP) is 2.48. The molecule has 0 fully saturated rings. The number of sulfone groups is 1. The van der Waals surface area contributed by atoms with Crippen molar-refractivity contribution >= 4 is 15.8 Å². The number of hydrogen-bond acceptors (Lipinski definition) is 3. The lowest BCUT2D eigenvalue weighted by atomic mass is 9.76. The molecular formula is C12H24O4S. The summed E-state index contributed by atoms with van der Waals surface area (Å²) < 4.78 is 22.1. The Morgan fingerprint density at radius 1 is 1.18 bits per heavy atom. The van der Waals surface area contributed by atoms with Crippen molar-refractivity contribution in [1.82, 2.24) is 0 Å². The molecule has 4 nitrogen and oxygen atoms in total. The van der Waals surface area contributed by atoms with E-state index in [1.54, 1.807) is 0 Å². The topological polar surface area (TPSA) is 71.4 Å². The fourth-order valence-electron chi connectivity index (χ4n) is 2.03. The largest absolute Gasteiger partial charge is 0.481 e. The van der Waals surface area contributed by atoms with Gasteiger partial charge in [-0.3, -0.25) is 4.79 Å². The van der Waals surface area contributed by atoms with Gasteiger partial charge in [0.05, 0.1) is 5.41 Å². The lowest BCUT2D eigenvalue weighted by Crippen LogP contribution is -2.31. The molecule has 0 rings (SSSR count). The van der Waals surface area contributed by atoms with Crippen LogP contribution in [0.5, 0.6) is 0 Å². The minimum atomic E-state index is -2.99. The molecule has 102 valence electrons. The van der Waals surface area contributed by atoms with E-state index in [0.717, 1.165) is 12.8 Å². The molecule has 0 aromatic heterocycles. The van der Waals surface area contributed by atoms with Crippen LogP contribution in [0.15, 0.2) is 0 Å². The molecule has 5 heteroatoms. The molecule has 0 aromatic rings. The first-order valence-electron chi connectivity index (χ1n) is 6.18. The molecule has 0 aliphatic rings. The zero-order chi connectivity index (χ0) is 13.5. The van der Waals surface area contributed by atoms with E-state index in [4.69, 9.17) is 0 Å². The van der Waals surface area contributed by atoms with Gasteiger partial charge in [0.1, 0.15) is 9.84 Å². The second-order valence-electron chi connectivity index (χ2n) is 4.78. The zero-order valence-corrected chi connectivity index (χ0v) is 11.8. The number of carboxylic acids is 1. The third-order valence-corrected chi connectivity index (χ3v) is 4.34. The predicted molar refractivity (Wildman–Crippen MR) is 68.8 cm³/mol. The summed E-state index contributed by atoms with van der Waals surface area (Å²) in [5.74, 6) is -0.712. The number of unbranched alkanes of at least 4 members (excludes halogenated alkanes) is 1. The molecule has 17 heavy (non-hydrogen) atoms. The van der Waals surface area contributed by atoms with E-state index in [2.05, 4.69) is 0 Å². The number of rotatable bonds is 9. The summed E-state index contributed by atoms with van der Waals surface area (Å²) in [6.07, 6.45) is 5.10. The van der Waals surface area contributed by atoms with E-state index in [9.17, 15) is 18.3 Å². The van der Waals surface area contributed by atoms with E-state index in [0.29, 0.717) is 25.7 Å². The van der Waals surface area contributed by atoms with Crippen LogP contribution in [-0.2, 0) is 14.6 Å². The molecule has 0 aliphatic carbocycles. The maximum absolute atomic E-state index is 11.4. The van der Waals surface area contributed by atoms with Gasteiger partial charge in [0, 0.05) is 12.0 Å². The van der Waals surface area contributed by atoms with Gasteiger partial charge in [-0.15, -0.1) is 0 Å². The Balaban J connectivity index is 4.52. The first kappa shape index (κ1) is 16.4. The third-order valence-electron chi connectivity index (χ3n) is 3.31. The highest BCUT2D eigenvalue weighted by Gasteiger charge is 2.35. The molecule has 0 spiro atoms. The fourth-order valence-corrected chi connectivity index (χ4v) is 2.70. The molecule has 0 amide bonds. The number of carbonyl (C=O) groups is 1. The van der Waals surface area contributed by atoms with Gasteiger partial charge >= 0.3 is 5.97 Å². The Morgan fingerprint density at radius 2 is 1.71 bits per heavy atom. The number of aliphatic carboxylic acids is 1. The Labute approximate surface area is 104 Å². The summed E-state index contributed by atoms with van der Waals surface area (Å²) in [4.78, 5) is 11.4. The Hall–Kier alpha value is -0.580. The monoisotopic (exact) mass is 264 g/mol. The zero-order valence-electron chi connectivity index (χ0n) is 11.0. The molecule has 1 N–H and O–H groups in total. The van der Waals surface area contributed by atoms with Gasteiger partial charge in [-0.25, -0.2) is 8.42 Å². The minimum absolute atomic E-state index is 0.0775.